The number of ether oxygens (including phenoxy) is 1. The lowest BCUT2D eigenvalue weighted by molar-refractivity contribution is -0.139. The smallest absolute Gasteiger partial charge is 0.254 e. The fraction of sp³-hybridized carbons (Fsp3) is 0.440. The van der Waals surface area contributed by atoms with Crippen LogP contribution in [0.1, 0.15) is 36.6 Å². The molecule has 2 aromatic rings. The van der Waals surface area contributed by atoms with Gasteiger partial charge in [-0.2, -0.15) is 0 Å². The lowest BCUT2D eigenvalue weighted by atomic mass is 9.92. The van der Waals surface area contributed by atoms with Gasteiger partial charge in [0.25, 0.3) is 5.91 Å². The highest BCUT2D eigenvalue weighted by atomic mass is 16.5. The summed E-state index contributed by atoms with van der Waals surface area (Å²) in [5.74, 6) is 0.642. The maximum Gasteiger partial charge on any atom is 0.254 e. The molecule has 1 atom stereocenters. The van der Waals surface area contributed by atoms with E-state index < -0.39 is 0 Å². The molecule has 2 aliphatic heterocycles. The molecule has 1 N–H and O–H groups in total. The third kappa shape index (κ3) is 4.82. The molecule has 5 rings (SSSR count). The van der Waals surface area contributed by atoms with Gasteiger partial charge in [-0.05, 0) is 41.3 Å². The van der Waals surface area contributed by atoms with Crippen LogP contribution in [0.2, 0.25) is 0 Å². The highest BCUT2D eigenvalue weighted by Crippen LogP contribution is 2.24. The first-order chi connectivity index (χ1) is 16.1. The Morgan fingerprint density at radius 2 is 2.00 bits per heavy atom. The van der Waals surface area contributed by atoms with Gasteiger partial charge in [0.15, 0.2) is 5.78 Å². The molecule has 0 spiro atoms. The number of carbonyl (C=O) groups is 2. The van der Waals surface area contributed by atoms with Crippen molar-refractivity contribution in [1.29, 1.82) is 0 Å². The van der Waals surface area contributed by atoms with Crippen molar-refractivity contribution < 1.29 is 14.3 Å². The Labute approximate surface area is 193 Å². The molecule has 2 fully saturated rings. The molecule has 0 saturated carbocycles. The van der Waals surface area contributed by atoms with Crippen molar-refractivity contribution in [2.45, 2.75) is 38.8 Å². The first kappa shape index (κ1) is 21.7. The molecule has 4 heterocycles. The highest BCUT2D eigenvalue weighted by molar-refractivity contribution is 6.03. The average Bonchev–Trinajstić information content (AvgIpc) is 2.78. The Morgan fingerprint density at radius 1 is 1.18 bits per heavy atom. The first-order valence-corrected chi connectivity index (χ1v) is 11.7. The standard InChI is InChI=1S/C25H29N5O3/c1-2-18-12-21-19(13-22(18)31)11-17(14-26-21)16-29-6-8-30(9-7-29)20-3-4-24(27-15-20)28-25(32)23-5-10-33-23/h3-4,11-12,14-15,23H,2,5-10,13,16H2,1H3,(H,27,28,32)/t23-/m1/s1. The summed E-state index contributed by atoms with van der Waals surface area (Å²) in [5, 5.41) is 2.81. The molecule has 0 aromatic carbocycles. The lowest BCUT2D eigenvalue weighted by Crippen LogP contribution is -2.46. The predicted octanol–water partition coefficient (Wildman–Crippen LogP) is 2.44. The summed E-state index contributed by atoms with van der Waals surface area (Å²) in [5.41, 5.74) is 5.06. The topological polar surface area (TPSA) is 87.7 Å². The molecule has 8 nitrogen and oxygen atoms in total. The van der Waals surface area contributed by atoms with Gasteiger partial charge in [0.05, 0.1) is 24.2 Å². The van der Waals surface area contributed by atoms with Crippen molar-refractivity contribution >= 4 is 29.3 Å². The number of amides is 1. The minimum atomic E-state index is -0.337. The Balaban J connectivity index is 1.14. The number of allylic oxidation sites excluding steroid dienone is 1. The predicted molar refractivity (Wildman–Crippen MR) is 126 cm³/mol. The molecule has 8 heteroatoms. The normalized spacial score (nSPS) is 20.6. The number of hydrogen-bond acceptors (Lipinski definition) is 7. The zero-order chi connectivity index (χ0) is 22.8. The number of carbonyl (C=O) groups excluding carboxylic acids is 2. The second-order valence-electron chi connectivity index (χ2n) is 8.81. The van der Waals surface area contributed by atoms with E-state index >= 15 is 0 Å². The number of piperazine rings is 1. The number of fused-ring (bicyclic) bond motifs is 1. The average molecular weight is 448 g/mol. The third-order valence-electron chi connectivity index (χ3n) is 6.59. The van der Waals surface area contributed by atoms with Crippen LogP contribution in [0.25, 0.3) is 6.08 Å². The van der Waals surface area contributed by atoms with Gasteiger partial charge in [-0.1, -0.05) is 13.0 Å². The van der Waals surface area contributed by atoms with Gasteiger partial charge in [0.1, 0.15) is 11.9 Å². The molecule has 0 radical (unpaired) electrons. The molecule has 2 aromatic heterocycles. The number of hydrogen-bond donors (Lipinski definition) is 1. The molecule has 0 unspecified atom stereocenters. The second-order valence-corrected chi connectivity index (χ2v) is 8.81. The van der Waals surface area contributed by atoms with Crippen LogP contribution in [0.3, 0.4) is 0 Å². The van der Waals surface area contributed by atoms with E-state index in [0.29, 0.717) is 18.8 Å². The number of anilines is 2. The van der Waals surface area contributed by atoms with E-state index in [1.807, 2.05) is 37.5 Å². The van der Waals surface area contributed by atoms with Gasteiger partial charge in [-0.25, -0.2) is 4.98 Å². The summed E-state index contributed by atoms with van der Waals surface area (Å²) >= 11 is 0. The van der Waals surface area contributed by atoms with Crippen molar-refractivity contribution in [1.82, 2.24) is 14.9 Å². The van der Waals surface area contributed by atoms with E-state index in [1.54, 1.807) is 0 Å². The van der Waals surface area contributed by atoms with Gasteiger partial charge in [-0.15, -0.1) is 0 Å². The van der Waals surface area contributed by atoms with Gasteiger partial charge < -0.3 is 15.0 Å². The van der Waals surface area contributed by atoms with E-state index in [9.17, 15) is 9.59 Å². The summed E-state index contributed by atoms with van der Waals surface area (Å²) in [4.78, 5) is 38.0. The van der Waals surface area contributed by atoms with Crippen LogP contribution in [0.15, 0.2) is 36.2 Å². The summed E-state index contributed by atoms with van der Waals surface area (Å²) in [7, 11) is 0. The molecule has 172 valence electrons. The summed E-state index contributed by atoms with van der Waals surface area (Å²) in [6.07, 6.45) is 7.34. The molecule has 0 bridgehead atoms. The Hall–Kier alpha value is -3.10. The highest BCUT2D eigenvalue weighted by Gasteiger charge is 2.26. The molecular weight excluding hydrogens is 418 g/mol. The quantitative estimate of drug-likeness (QED) is 0.728. The first-order valence-electron chi connectivity index (χ1n) is 11.7. The van der Waals surface area contributed by atoms with Crippen LogP contribution in [0.4, 0.5) is 11.5 Å². The van der Waals surface area contributed by atoms with Crippen LogP contribution < -0.4 is 10.2 Å². The Bertz CT molecular complexity index is 1070. The number of aromatic nitrogens is 2. The second kappa shape index (κ2) is 9.41. The number of nitrogens with one attached hydrogen (secondary N) is 1. The molecule has 3 aliphatic rings. The number of Topliss-reactive ketones (excluding diaryl/α,β-unsaturated/α-hetero) is 1. The van der Waals surface area contributed by atoms with Crippen LogP contribution >= 0.6 is 0 Å². The van der Waals surface area contributed by atoms with E-state index in [1.165, 1.54) is 0 Å². The molecule has 2 saturated heterocycles. The monoisotopic (exact) mass is 447 g/mol. The Kier molecular flexibility index (Phi) is 6.20. The van der Waals surface area contributed by atoms with Gasteiger partial charge >= 0.3 is 0 Å². The van der Waals surface area contributed by atoms with E-state index in [0.717, 1.165) is 73.6 Å². The lowest BCUT2D eigenvalue weighted by Gasteiger charge is -2.36. The third-order valence-corrected chi connectivity index (χ3v) is 6.59. The molecular formula is C25H29N5O3. The van der Waals surface area contributed by atoms with Crippen molar-refractivity contribution in [3.8, 4) is 0 Å². The summed E-state index contributed by atoms with van der Waals surface area (Å²) < 4.78 is 5.20. The maximum absolute atomic E-state index is 12.2. The van der Waals surface area contributed by atoms with Crippen LogP contribution in [-0.4, -0.2) is 65.4 Å². The Morgan fingerprint density at radius 3 is 2.67 bits per heavy atom. The van der Waals surface area contributed by atoms with Crippen LogP contribution in [-0.2, 0) is 27.3 Å². The minimum Gasteiger partial charge on any atom is -0.368 e. The van der Waals surface area contributed by atoms with Crippen molar-refractivity contribution in [3.63, 3.8) is 0 Å². The zero-order valence-electron chi connectivity index (χ0n) is 18.9. The molecule has 1 amide bonds. The minimum absolute atomic E-state index is 0.127. The van der Waals surface area contributed by atoms with Crippen molar-refractivity contribution in [2.75, 3.05) is 43.0 Å². The number of nitrogens with zero attached hydrogens (tertiary/aromatic N) is 4. The van der Waals surface area contributed by atoms with E-state index in [2.05, 4.69) is 31.2 Å². The fourth-order valence-electron chi connectivity index (χ4n) is 4.48. The van der Waals surface area contributed by atoms with E-state index in [4.69, 9.17) is 4.74 Å². The zero-order valence-corrected chi connectivity index (χ0v) is 18.9. The SMILES string of the molecule is CCC1=Cc2ncc(CN3CCN(c4ccc(NC(=O)[C@H]5CCO5)nc4)CC3)cc2CC1=O. The maximum atomic E-state index is 12.2. The summed E-state index contributed by atoms with van der Waals surface area (Å²) in [6.45, 7) is 7.18. The van der Waals surface area contributed by atoms with Crippen LogP contribution in [0.5, 0.6) is 0 Å². The van der Waals surface area contributed by atoms with Gasteiger partial charge in [0.2, 0.25) is 0 Å². The van der Waals surface area contributed by atoms with Crippen molar-refractivity contribution in [3.05, 3.63) is 53.0 Å². The largest absolute Gasteiger partial charge is 0.368 e. The molecule has 33 heavy (non-hydrogen) atoms. The number of ketones is 1. The van der Waals surface area contributed by atoms with Crippen LogP contribution in [0, 0.1) is 0 Å². The van der Waals surface area contributed by atoms with Gasteiger partial charge in [-0.3, -0.25) is 19.5 Å². The van der Waals surface area contributed by atoms with Crippen molar-refractivity contribution in [2.24, 2.45) is 0 Å². The van der Waals surface area contributed by atoms with Gasteiger partial charge in [0, 0.05) is 51.8 Å². The number of pyridine rings is 2. The summed E-state index contributed by atoms with van der Waals surface area (Å²) in [6, 6.07) is 5.99. The molecule has 1 aliphatic carbocycles. The van der Waals surface area contributed by atoms with E-state index in [-0.39, 0.29) is 17.8 Å². The fourth-order valence-corrected chi connectivity index (χ4v) is 4.48. The number of rotatable bonds is 6.